The smallest absolute Gasteiger partial charge is 1.00 e. The molecule has 2 saturated carbocycles. The number of aliphatic hydroxyl groups is 2. The molecule has 0 atom stereocenters. The van der Waals surface area contributed by atoms with Gasteiger partial charge in [-0.3, -0.25) is 24.0 Å². The molecule has 4 aliphatic carbocycles. The van der Waals surface area contributed by atoms with Crippen molar-refractivity contribution in [3.8, 4) is 0 Å². The van der Waals surface area contributed by atoms with Crippen molar-refractivity contribution in [1.29, 1.82) is 0 Å². The van der Waals surface area contributed by atoms with Crippen LogP contribution in [0.3, 0.4) is 0 Å². The first-order chi connectivity index (χ1) is 22.2. The summed E-state index contributed by atoms with van der Waals surface area (Å²) in [5.41, 5.74) is 1.56. The van der Waals surface area contributed by atoms with Crippen LogP contribution in [0, 0.1) is 0 Å². The van der Waals surface area contributed by atoms with Crippen LogP contribution < -0.4 is 29.6 Å². The van der Waals surface area contributed by atoms with E-state index >= 15 is 0 Å². The molecule has 8 rings (SSSR count). The Kier molecular flexibility index (Phi) is 12.5. The van der Waals surface area contributed by atoms with Crippen LogP contribution in [0.25, 0.3) is 11.5 Å². The molecule has 0 bridgehead atoms. The van der Waals surface area contributed by atoms with Crippen molar-refractivity contribution in [2.45, 2.75) is 68.7 Å². The molecule has 2 spiro atoms. The molecule has 245 valence electrons. The van der Waals surface area contributed by atoms with Gasteiger partial charge in [-0.25, -0.2) is 0 Å². The van der Waals surface area contributed by atoms with Crippen molar-refractivity contribution in [3.05, 3.63) is 80.6 Å². The van der Waals surface area contributed by atoms with E-state index in [0.29, 0.717) is 75.2 Å². The molecule has 2 N–H and O–H groups in total. The molecular weight excluding hydrogens is 662 g/mol. The maximum atomic E-state index is 12.3. The minimum Gasteiger partial charge on any atom is -1.00 e. The number of ether oxygens (including phenoxy) is 2. The molecular formula is C35H35BNaO9S2. The molecule has 0 amide bonds. The Hall–Kier alpha value is -2.45. The summed E-state index contributed by atoms with van der Waals surface area (Å²) < 4.78 is 12.5. The van der Waals surface area contributed by atoms with Gasteiger partial charge < -0.3 is 21.1 Å². The number of aliphatic hydroxyl groups excluding tert-OH is 2. The number of hydrogen-bond acceptors (Lipinski definition) is 11. The number of rotatable bonds is 0. The van der Waals surface area contributed by atoms with Crippen LogP contribution in [-0.4, -0.2) is 83.5 Å². The zero-order chi connectivity index (χ0) is 32.6. The number of carbonyl (C=O) groups excluding carboxylic acids is 5. The molecule has 0 aromatic heterocycles. The maximum Gasteiger partial charge on any atom is 1.00 e. The van der Waals surface area contributed by atoms with Crippen LogP contribution in [-0.2, 0) is 23.9 Å². The quantitative estimate of drug-likeness (QED) is 0.307. The van der Waals surface area contributed by atoms with Crippen molar-refractivity contribution < 1.29 is 74.6 Å². The van der Waals surface area contributed by atoms with Crippen molar-refractivity contribution in [2.75, 3.05) is 18.6 Å². The van der Waals surface area contributed by atoms with Crippen molar-refractivity contribution >= 4 is 72.4 Å². The van der Waals surface area contributed by atoms with E-state index in [-0.39, 0.29) is 62.5 Å². The van der Waals surface area contributed by atoms with Crippen LogP contribution in [0.15, 0.2) is 58.3 Å². The van der Waals surface area contributed by atoms with Crippen LogP contribution in [0.5, 0.6) is 0 Å². The normalized spacial score (nSPS) is 24.9. The molecule has 2 fully saturated rings. The summed E-state index contributed by atoms with van der Waals surface area (Å²) in [4.78, 5) is 61.3. The fourth-order valence-corrected chi connectivity index (χ4v) is 9.15. The second-order valence-electron chi connectivity index (χ2n) is 12.1. The summed E-state index contributed by atoms with van der Waals surface area (Å²) in [7, 11) is 1.00. The third-order valence-electron chi connectivity index (χ3n) is 9.25. The summed E-state index contributed by atoms with van der Waals surface area (Å²) in [5.74, 6) is 0.832. The minimum atomic E-state index is -0.472. The van der Waals surface area contributed by atoms with Gasteiger partial charge in [-0.05, 0) is 38.5 Å². The van der Waals surface area contributed by atoms with E-state index < -0.39 is 23.1 Å². The maximum absolute atomic E-state index is 12.3. The van der Waals surface area contributed by atoms with Crippen molar-refractivity contribution in [3.63, 3.8) is 0 Å². The first-order valence-corrected chi connectivity index (χ1v) is 17.3. The van der Waals surface area contributed by atoms with E-state index in [9.17, 15) is 29.1 Å². The predicted octanol–water partition coefficient (Wildman–Crippen LogP) is 1.67. The van der Waals surface area contributed by atoms with Gasteiger partial charge in [0, 0.05) is 62.1 Å². The summed E-state index contributed by atoms with van der Waals surface area (Å²) in [6, 6.07) is 14.2. The number of thioether (sulfide) groups is 2. The molecule has 2 aromatic carbocycles. The molecule has 48 heavy (non-hydrogen) atoms. The van der Waals surface area contributed by atoms with Crippen molar-refractivity contribution in [2.24, 2.45) is 0 Å². The van der Waals surface area contributed by atoms with Gasteiger partial charge in [-0.2, -0.15) is 0 Å². The van der Waals surface area contributed by atoms with Gasteiger partial charge in [-0.15, -0.1) is 23.5 Å². The number of Topliss-reactive ketones (excluding diaryl/α,β-unsaturated/α-hetero) is 5. The fourth-order valence-electron chi connectivity index (χ4n) is 6.63. The standard InChI is InChI=1S/C17H16O4S.C17H14O4S.CH4O.B.Na.H/c2*18-10-5-7-17(8-6-10)9-22-16-14(20)13(19)11-3-1-2-4-12(11)15(16)21-17;1-2;;;/h1-4,10,18H,5-9H2;1-4H,5-9H2;2H,1H3;;;/q;;;;+1;-1. The Bertz CT molecular complexity index is 1710. The second kappa shape index (κ2) is 15.6. The average molecular weight is 698 g/mol. The van der Waals surface area contributed by atoms with Gasteiger partial charge in [-0.1, -0.05) is 48.5 Å². The van der Waals surface area contributed by atoms with Gasteiger partial charge in [0.15, 0.2) is 0 Å². The topological polar surface area (TPSA) is 144 Å². The van der Waals surface area contributed by atoms with E-state index in [1.165, 1.54) is 23.5 Å². The monoisotopic (exact) mass is 697 g/mol. The molecule has 0 saturated heterocycles. The van der Waals surface area contributed by atoms with Crippen LogP contribution >= 0.6 is 23.5 Å². The Balaban J connectivity index is 0.000000239. The largest absolute Gasteiger partial charge is 1.00 e. The van der Waals surface area contributed by atoms with E-state index in [2.05, 4.69) is 0 Å². The summed E-state index contributed by atoms with van der Waals surface area (Å²) in [5, 5.41) is 16.7. The third-order valence-corrected chi connectivity index (χ3v) is 11.9. The SMILES string of the molecule is CO.O=C1C(=O)c2ccccc2C2=C1SCC1(CCC(O)CC1)O2.O=C1CCC2(CC1)CSC1=C(O2)c2ccccc2C(=O)C1=O.[B].[H-].[Na+]. The van der Waals surface area contributed by atoms with Crippen LogP contribution in [0.1, 0.15) is 84.6 Å². The molecule has 6 aliphatic rings. The van der Waals surface area contributed by atoms with Crippen LogP contribution in [0.4, 0.5) is 0 Å². The number of carbonyl (C=O) groups is 5. The minimum absolute atomic E-state index is 0. The summed E-state index contributed by atoms with van der Waals surface area (Å²) in [6.07, 6.45) is 5.16. The molecule has 2 heterocycles. The van der Waals surface area contributed by atoms with Gasteiger partial charge in [0.1, 0.15) is 38.3 Å². The Morgan fingerprint density at radius 2 is 1.02 bits per heavy atom. The molecule has 2 aliphatic heterocycles. The van der Waals surface area contributed by atoms with Crippen molar-refractivity contribution in [1.82, 2.24) is 0 Å². The average Bonchev–Trinajstić information content (AvgIpc) is 3.10. The number of benzene rings is 2. The molecule has 0 unspecified atom stereocenters. The zero-order valence-corrected chi connectivity index (χ0v) is 30.5. The molecule has 3 radical (unpaired) electrons. The number of ketones is 5. The van der Waals surface area contributed by atoms with Crippen LogP contribution in [0.2, 0.25) is 0 Å². The summed E-state index contributed by atoms with van der Waals surface area (Å²) in [6.45, 7) is 0. The Morgan fingerprint density at radius 1 is 0.646 bits per heavy atom. The van der Waals surface area contributed by atoms with Gasteiger partial charge in [0.2, 0.25) is 23.1 Å². The van der Waals surface area contributed by atoms with Gasteiger partial charge >= 0.3 is 29.6 Å². The zero-order valence-electron chi connectivity index (χ0n) is 27.9. The number of fused-ring (bicyclic) bond motifs is 4. The summed E-state index contributed by atoms with van der Waals surface area (Å²) >= 11 is 2.83. The first-order valence-electron chi connectivity index (χ1n) is 15.3. The van der Waals surface area contributed by atoms with Gasteiger partial charge in [0.05, 0.1) is 6.10 Å². The van der Waals surface area contributed by atoms with Gasteiger partial charge in [0.25, 0.3) is 0 Å². The Morgan fingerprint density at radius 3 is 1.44 bits per heavy atom. The first kappa shape index (κ1) is 38.4. The fraction of sp³-hybridized carbons (Fsp3) is 0.400. The predicted molar refractivity (Wildman–Crippen MR) is 181 cm³/mol. The molecule has 13 heteroatoms. The van der Waals surface area contributed by atoms with E-state index in [1.807, 2.05) is 24.3 Å². The van der Waals surface area contributed by atoms with E-state index in [0.717, 1.165) is 38.4 Å². The number of allylic oxidation sites excluding steroid dienone is 2. The Labute approximate surface area is 313 Å². The van der Waals surface area contributed by atoms with E-state index in [1.54, 1.807) is 24.3 Å². The van der Waals surface area contributed by atoms with E-state index in [4.69, 9.17) is 14.6 Å². The second-order valence-corrected chi connectivity index (χ2v) is 14.1. The number of hydrogen-bond donors (Lipinski definition) is 2. The third kappa shape index (κ3) is 7.08. The molecule has 2 aromatic rings. The molecule has 9 nitrogen and oxygen atoms in total.